The van der Waals surface area contributed by atoms with Crippen molar-refractivity contribution in [1.29, 1.82) is 0 Å². The van der Waals surface area contributed by atoms with Gasteiger partial charge in [-0.3, -0.25) is 0 Å². The number of anilines is 1. The number of aromatic amines is 1. The van der Waals surface area contributed by atoms with Crippen molar-refractivity contribution >= 4 is 37.5 Å². The second-order valence-corrected chi connectivity index (χ2v) is 5.84. The number of H-pyrrole nitrogens is 1. The molecular weight excluding hydrogens is 358 g/mol. The van der Waals surface area contributed by atoms with E-state index in [9.17, 15) is 0 Å². The summed E-state index contributed by atoms with van der Waals surface area (Å²) in [4.78, 5) is 8.00. The maximum absolute atomic E-state index is 6.10. The molecule has 1 heterocycles. The van der Waals surface area contributed by atoms with Crippen molar-refractivity contribution in [3.63, 3.8) is 0 Å². The number of halogens is 2. The molecule has 5 heteroatoms. The van der Waals surface area contributed by atoms with Crippen LogP contribution in [0.25, 0.3) is 11.4 Å². The molecule has 1 aromatic carbocycles. The van der Waals surface area contributed by atoms with Crippen molar-refractivity contribution in [3.8, 4) is 11.4 Å². The van der Waals surface area contributed by atoms with Gasteiger partial charge in [-0.2, -0.15) is 0 Å². The highest BCUT2D eigenvalue weighted by molar-refractivity contribution is 9.11. The van der Waals surface area contributed by atoms with Crippen LogP contribution in [0.4, 0.5) is 5.69 Å². The number of nitrogens with two attached hydrogens (primary N) is 1. The van der Waals surface area contributed by atoms with E-state index in [1.54, 1.807) is 0 Å². The van der Waals surface area contributed by atoms with E-state index in [1.165, 1.54) is 5.69 Å². The lowest BCUT2D eigenvalue weighted by Crippen LogP contribution is -1.93. The number of nitrogens with one attached hydrogen (secondary N) is 1. The first-order valence-electron chi connectivity index (χ1n) is 5.89. The van der Waals surface area contributed by atoms with Crippen LogP contribution >= 0.6 is 31.9 Å². The minimum absolute atomic E-state index is 0.706. The Labute approximate surface area is 123 Å². The number of aryl methyl sites for hydroxylation is 2. The summed E-state index contributed by atoms with van der Waals surface area (Å²) in [7, 11) is 0. The number of aromatic nitrogens is 2. The van der Waals surface area contributed by atoms with Crippen LogP contribution < -0.4 is 5.73 Å². The van der Waals surface area contributed by atoms with Crippen LogP contribution in [0.1, 0.15) is 25.2 Å². The number of nitrogens with zero attached hydrogens (tertiary/aromatic N) is 1. The number of benzene rings is 1. The SMILES string of the molecule is CCc1nc(-c2cc(Br)cc(Br)c2N)[nH]c1CC. The molecule has 1 aromatic heterocycles. The first-order chi connectivity index (χ1) is 8.56. The van der Waals surface area contributed by atoms with Crippen molar-refractivity contribution in [3.05, 3.63) is 32.5 Å². The zero-order valence-electron chi connectivity index (χ0n) is 10.3. The monoisotopic (exact) mass is 371 g/mol. The van der Waals surface area contributed by atoms with Gasteiger partial charge in [0.05, 0.1) is 11.4 Å². The largest absolute Gasteiger partial charge is 0.397 e. The summed E-state index contributed by atoms with van der Waals surface area (Å²) in [6, 6.07) is 3.92. The van der Waals surface area contributed by atoms with Gasteiger partial charge in [0.15, 0.2) is 0 Å². The average Bonchev–Trinajstić information content (AvgIpc) is 2.76. The maximum atomic E-state index is 6.10. The van der Waals surface area contributed by atoms with Crippen molar-refractivity contribution in [2.24, 2.45) is 0 Å². The summed E-state index contributed by atoms with van der Waals surface area (Å²) >= 11 is 6.93. The van der Waals surface area contributed by atoms with Gasteiger partial charge in [-0.1, -0.05) is 29.8 Å². The predicted molar refractivity (Wildman–Crippen MR) is 82.6 cm³/mol. The fourth-order valence-electron chi connectivity index (χ4n) is 1.94. The molecule has 0 saturated carbocycles. The molecule has 0 atom stereocenters. The molecule has 0 fully saturated rings. The van der Waals surface area contributed by atoms with Gasteiger partial charge in [-0.25, -0.2) is 4.98 Å². The molecule has 3 N–H and O–H groups in total. The highest BCUT2D eigenvalue weighted by Crippen LogP contribution is 2.34. The third-order valence-electron chi connectivity index (χ3n) is 2.90. The van der Waals surface area contributed by atoms with E-state index in [1.807, 2.05) is 12.1 Å². The first-order valence-corrected chi connectivity index (χ1v) is 7.48. The lowest BCUT2D eigenvalue weighted by Gasteiger charge is -2.06. The van der Waals surface area contributed by atoms with E-state index in [0.717, 1.165) is 38.9 Å². The molecule has 2 aromatic rings. The van der Waals surface area contributed by atoms with Gasteiger partial charge in [-0.15, -0.1) is 0 Å². The molecule has 0 spiro atoms. The fourth-order valence-corrected chi connectivity index (χ4v) is 3.16. The van der Waals surface area contributed by atoms with Crippen LogP contribution in [-0.4, -0.2) is 9.97 Å². The molecule has 0 aliphatic rings. The van der Waals surface area contributed by atoms with Gasteiger partial charge in [0.2, 0.25) is 0 Å². The topological polar surface area (TPSA) is 54.7 Å². The van der Waals surface area contributed by atoms with Crippen LogP contribution in [0, 0.1) is 0 Å². The molecule has 96 valence electrons. The van der Waals surface area contributed by atoms with Crippen LogP contribution in [0.2, 0.25) is 0 Å². The first kappa shape index (κ1) is 13.6. The Kier molecular flexibility index (Phi) is 4.12. The Morgan fingerprint density at radius 1 is 1.22 bits per heavy atom. The third kappa shape index (κ3) is 2.47. The number of nitrogen functional groups attached to an aromatic ring is 1. The molecule has 0 aliphatic heterocycles. The van der Waals surface area contributed by atoms with Crippen LogP contribution in [0.3, 0.4) is 0 Å². The van der Waals surface area contributed by atoms with E-state index in [2.05, 4.69) is 55.7 Å². The number of rotatable bonds is 3. The summed E-state index contributed by atoms with van der Waals surface area (Å²) in [6.07, 6.45) is 1.88. The normalized spacial score (nSPS) is 10.9. The van der Waals surface area contributed by atoms with Gasteiger partial charge in [0.25, 0.3) is 0 Å². The summed E-state index contributed by atoms with van der Waals surface area (Å²) in [5.74, 6) is 0.836. The van der Waals surface area contributed by atoms with Gasteiger partial charge in [0, 0.05) is 20.2 Å². The van der Waals surface area contributed by atoms with Crippen LogP contribution in [-0.2, 0) is 12.8 Å². The standard InChI is InChI=1S/C13H15Br2N3/c1-3-10-11(4-2)18-13(17-10)8-5-7(14)6-9(15)12(8)16/h5-6H,3-4,16H2,1-2H3,(H,17,18). The zero-order chi connectivity index (χ0) is 13.3. The van der Waals surface area contributed by atoms with Gasteiger partial charge < -0.3 is 10.7 Å². The number of imidazole rings is 1. The molecule has 2 rings (SSSR count). The molecule has 3 nitrogen and oxygen atoms in total. The van der Waals surface area contributed by atoms with E-state index in [-0.39, 0.29) is 0 Å². The molecule has 0 aliphatic carbocycles. The van der Waals surface area contributed by atoms with Crippen LogP contribution in [0.5, 0.6) is 0 Å². The Hall–Kier alpha value is -0.810. The smallest absolute Gasteiger partial charge is 0.139 e. The minimum atomic E-state index is 0.706. The van der Waals surface area contributed by atoms with Gasteiger partial charge in [-0.05, 0) is 40.9 Å². The molecule has 18 heavy (non-hydrogen) atoms. The van der Waals surface area contributed by atoms with E-state index in [4.69, 9.17) is 5.73 Å². The lowest BCUT2D eigenvalue weighted by molar-refractivity contribution is 0.979. The second kappa shape index (κ2) is 5.45. The zero-order valence-corrected chi connectivity index (χ0v) is 13.5. The second-order valence-electron chi connectivity index (χ2n) is 4.07. The quantitative estimate of drug-likeness (QED) is 0.788. The van der Waals surface area contributed by atoms with Gasteiger partial charge >= 0.3 is 0 Å². The maximum Gasteiger partial charge on any atom is 0.139 e. The minimum Gasteiger partial charge on any atom is -0.397 e. The lowest BCUT2D eigenvalue weighted by atomic mass is 10.2. The van der Waals surface area contributed by atoms with E-state index in [0.29, 0.717) is 5.69 Å². The highest BCUT2D eigenvalue weighted by atomic mass is 79.9. The Balaban J connectivity index is 2.58. The molecule has 0 amide bonds. The molecule has 0 unspecified atom stereocenters. The van der Waals surface area contributed by atoms with E-state index >= 15 is 0 Å². The third-order valence-corrected chi connectivity index (χ3v) is 4.02. The average molecular weight is 373 g/mol. The fraction of sp³-hybridized carbons (Fsp3) is 0.308. The Morgan fingerprint density at radius 3 is 2.50 bits per heavy atom. The molecule has 0 bridgehead atoms. The van der Waals surface area contributed by atoms with Crippen molar-refractivity contribution in [1.82, 2.24) is 9.97 Å². The van der Waals surface area contributed by atoms with Gasteiger partial charge in [0.1, 0.15) is 5.82 Å². The van der Waals surface area contributed by atoms with Crippen molar-refractivity contribution < 1.29 is 0 Å². The van der Waals surface area contributed by atoms with Crippen LogP contribution in [0.15, 0.2) is 21.1 Å². The Bertz CT molecular complexity index is 554. The van der Waals surface area contributed by atoms with Crippen molar-refractivity contribution in [2.45, 2.75) is 26.7 Å². The summed E-state index contributed by atoms with van der Waals surface area (Å²) in [6.45, 7) is 4.23. The van der Waals surface area contributed by atoms with Crippen molar-refractivity contribution in [2.75, 3.05) is 5.73 Å². The molecule has 0 radical (unpaired) electrons. The molecule has 0 saturated heterocycles. The summed E-state index contributed by atoms with van der Waals surface area (Å²) < 4.78 is 1.85. The Morgan fingerprint density at radius 2 is 1.94 bits per heavy atom. The number of hydrogen-bond donors (Lipinski definition) is 2. The molecular formula is C13H15Br2N3. The number of hydrogen-bond acceptors (Lipinski definition) is 2. The summed E-state index contributed by atoms with van der Waals surface area (Å²) in [5, 5.41) is 0. The van der Waals surface area contributed by atoms with E-state index < -0.39 is 0 Å². The highest BCUT2D eigenvalue weighted by Gasteiger charge is 2.13. The predicted octanol–water partition coefficient (Wildman–Crippen LogP) is 4.31. The summed E-state index contributed by atoms with van der Waals surface area (Å²) in [5.41, 5.74) is 10.0.